The average Bonchev–Trinajstić information content (AvgIpc) is 2.69. The van der Waals surface area contributed by atoms with Gasteiger partial charge in [0.15, 0.2) is 0 Å². The van der Waals surface area contributed by atoms with Crippen LogP contribution < -0.4 is 5.32 Å². The Hall–Kier alpha value is -1.35. The lowest BCUT2D eigenvalue weighted by Crippen LogP contribution is -2.42. The molecular formula is C25H34ClNO. The van der Waals surface area contributed by atoms with E-state index in [0.29, 0.717) is 18.1 Å². The summed E-state index contributed by atoms with van der Waals surface area (Å²) in [5, 5.41) is 4.52. The van der Waals surface area contributed by atoms with E-state index in [1.54, 1.807) is 0 Å². The maximum absolute atomic E-state index is 6.11. The highest BCUT2D eigenvalue weighted by molar-refractivity contribution is 6.30. The Labute approximate surface area is 175 Å². The van der Waals surface area contributed by atoms with E-state index in [1.807, 2.05) is 12.1 Å². The molecule has 1 fully saturated rings. The molecule has 1 aliphatic rings. The van der Waals surface area contributed by atoms with Crippen molar-refractivity contribution in [2.75, 3.05) is 13.2 Å². The number of halogens is 1. The van der Waals surface area contributed by atoms with Crippen LogP contribution in [0.3, 0.4) is 0 Å². The summed E-state index contributed by atoms with van der Waals surface area (Å²) in [6.07, 6.45) is 3.66. The molecule has 2 nitrogen and oxygen atoms in total. The minimum atomic E-state index is 0.188. The summed E-state index contributed by atoms with van der Waals surface area (Å²) in [6.45, 7) is 10.8. The number of ether oxygens (including phenoxy) is 1. The zero-order chi connectivity index (χ0) is 20.1. The summed E-state index contributed by atoms with van der Waals surface area (Å²) < 4.78 is 6.11. The highest BCUT2D eigenvalue weighted by atomic mass is 35.5. The number of hydrogen-bond donors (Lipinski definition) is 1. The van der Waals surface area contributed by atoms with Gasteiger partial charge in [0.1, 0.15) is 0 Å². The van der Waals surface area contributed by atoms with E-state index in [9.17, 15) is 0 Å². The third-order valence-corrected chi connectivity index (χ3v) is 6.59. The van der Waals surface area contributed by atoms with Crippen molar-refractivity contribution in [3.05, 3.63) is 70.2 Å². The first-order chi connectivity index (χ1) is 13.4. The van der Waals surface area contributed by atoms with Crippen LogP contribution in [0.15, 0.2) is 48.5 Å². The van der Waals surface area contributed by atoms with Gasteiger partial charge in [0.2, 0.25) is 0 Å². The second-order valence-electron chi connectivity index (χ2n) is 8.73. The molecule has 0 saturated carbocycles. The van der Waals surface area contributed by atoms with Crippen LogP contribution in [-0.2, 0) is 10.2 Å². The molecule has 2 aromatic rings. The summed E-state index contributed by atoms with van der Waals surface area (Å²) in [6, 6.07) is 17.6. The van der Waals surface area contributed by atoms with Gasteiger partial charge in [0, 0.05) is 23.1 Å². The molecule has 1 saturated heterocycles. The lowest BCUT2D eigenvalue weighted by Gasteiger charge is -2.43. The number of hydrogen-bond acceptors (Lipinski definition) is 2. The first-order valence-electron chi connectivity index (χ1n) is 10.6. The summed E-state index contributed by atoms with van der Waals surface area (Å²) in [7, 11) is 0. The first kappa shape index (κ1) is 21.4. The molecule has 1 heterocycles. The quantitative estimate of drug-likeness (QED) is 0.576. The van der Waals surface area contributed by atoms with Crippen LogP contribution in [0.4, 0.5) is 0 Å². The Morgan fingerprint density at radius 3 is 2.39 bits per heavy atom. The molecule has 3 rings (SSSR count). The second kappa shape index (κ2) is 9.43. The van der Waals surface area contributed by atoms with Crippen LogP contribution >= 0.6 is 11.6 Å². The number of nitrogens with one attached hydrogen (secondary N) is 1. The maximum Gasteiger partial charge on any atom is 0.0606 e. The number of aryl methyl sites for hydroxylation is 1. The highest BCUT2D eigenvalue weighted by Crippen LogP contribution is 2.41. The summed E-state index contributed by atoms with van der Waals surface area (Å²) in [5.74, 6) is 0.547. The van der Waals surface area contributed by atoms with Crippen molar-refractivity contribution in [1.82, 2.24) is 5.32 Å². The van der Waals surface area contributed by atoms with E-state index >= 15 is 0 Å². The van der Waals surface area contributed by atoms with Crippen molar-refractivity contribution < 1.29 is 4.74 Å². The van der Waals surface area contributed by atoms with Gasteiger partial charge in [-0.3, -0.25) is 0 Å². The molecule has 1 N–H and O–H groups in total. The Morgan fingerprint density at radius 1 is 1.07 bits per heavy atom. The summed E-state index contributed by atoms with van der Waals surface area (Å²) >= 11 is 6.03. The van der Waals surface area contributed by atoms with Gasteiger partial charge in [0.25, 0.3) is 0 Å². The van der Waals surface area contributed by atoms with Crippen molar-refractivity contribution in [2.45, 2.75) is 64.5 Å². The standard InChI is InChI=1S/C25H34ClNO/c1-18(2)24-17-25(14-16-28-24,22-9-5-19(3)6-10-22)13-15-27-20(4)21-7-11-23(26)12-8-21/h5-12,18,20,24,27H,13-17H2,1-4H3/t20-,24-,25-/m0/s1. The Morgan fingerprint density at radius 2 is 1.75 bits per heavy atom. The molecule has 0 spiro atoms. The maximum atomic E-state index is 6.11. The summed E-state index contributed by atoms with van der Waals surface area (Å²) in [5.41, 5.74) is 4.25. The zero-order valence-corrected chi connectivity index (χ0v) is 18.4. The summed E-state index contributed by atoms with van der Waals surface area (Å²) in [4.78, 5) is 0. The molecule has 1 aliphatic heterocycles. The second-order valence-corrected chi connectivity index (χ2v) is 9.17. The normalized spacial score (nSPS) is 23.7. The lowest BCUT2D eigenvalue weighted by molar-refractivity contribution is -0.0470. The minimum Gasteiger partial charge on any atom is -0.378 e. The van der Waals surface area contributed by atoms with Gasteiger partial charge < -0.3 is 10.1 Å². The SMILES string of the molecule is Cc1ccc([C@@]2(CCN[C@@H](C)c3ccc(Cl)cc3)CCO[C@H](C(C)C)C2)cc1. The van der Waals surface area contributed by atoms with Crippen molar-refractivity contribution in [2.24, 2.45) is 5.92 Å². The smallest absolute Gasteiger partial charge is 0.0606 e. The van der Waals surface area contributed by atoms with Crippen molar-refractivity contribution in [1.29, 1.82) is 0 Å². The van der Waals surface area contributed by atoms with Gasteiger partial charge in [-0.1, -0.05) is 67.4 Å². The molecule has 152 valence electrons. The molecule has 0 amide bonds. The molecule has 0 aromatic heterocycles. The number of benzene rings is 2. The van der Waals surface area contributed by atoms with E-state index in [0.717, 1.165) is 37.4 Å². The van der Waals surface area contributed by atoms with Crippen LogP contribution in [0.2, 0.25) is 5.02 Å². The first-order valence-corrected chi connectivity index (χ1v) is 10.9. The highest BCUT2D eigenvalue weighted by Gasteiger charge is 2.39. The van der Waals surface area contributed by atoms with Gasteiger partial charge >= 0.3 is 0 Å². The molecule has 3 heteroatoms. The van der Waals surface area contributed by atoms with Crippen LogP contribution in [-0.4, -0.2) is 19.3 Å². The van der Waals surface area contributed by atoms with Crippen LogP contribution in [0.25, 0.3) is 0 Å². The van der Waals surface area contributed by atoms with Crippen LogP contribution in [0.5, 0.6) is 0 Å². The largest absolute Gasteiger partial charge is 0.378 e. The van der Waals surface area contributed by atoms with Crippen molar-refractivity contribution >= 4 is 11.6 Å². The van der Waals surface area contributed by atoms with E-state index in [2.05, 4.69) is 69.4 Å². The molecule has 28 heavy (non-hydrogen) atoms. The van der Waals surface area contributed by atoms with Crippen LogP contribution in [0.1, 0.15) is 62.8 Å². The van der Waals surface area contributed by atoms with Gasteiger partial charge in [-0.05, 0) is 68.8 Å². The monoisotopic (exact) mass is 399 g/mol. The Kier molecular flexibility index (Phi) is 7.20. The average molecular weight is 400 g/mol. The molecule has 0 unspecified atom stereocenters. The fourth-order valence-electron chi connectivity index (χ4n) is 4.32. The predicted octanol–water partition coefficient (Wildman–Crippen LogP) is 6.46. The topological polar surface area (TPSA) is 21.3 Å². The Bertz CT molecular complexity index is 740. The minimum absolute atomic E-state index is 0.188. The third-order valence-electron chi connectivity index (χ3n) is 6.34. The van der Waals surface area contributed by atoms with Gasteiger partial charge in [-0.25, -0.2) is 0 Å². The molecule has 0 aliphatic carbocycles. The van der Waals surface area contributed by atoms with Crippen molar-refractivity contribution in [3.63, 3.8) is 0 Å². The number of rotatable bonds is 7. The van der Waals surface area contributed by atoms with E-state index in [4.69, 9.17) is 16.3 Å². The van der Waals surface area contributed by atoms with Crippen molar-refractivity contribution in [3.8, 4) is 0 Å². The molecule has 0 radical (unpaired) electrons. The van der Waals surface area contributed by atoms with Gasteiger partial charge in [0.05, 0.1) is 6.10 Å². The molecule has 3 atom stereocenters. The third kappa shape index (κ3) is 5.17. The van der Waals surface area contributed by atoms with E-state index in [-0.39, 0.29) is 5.41 Å². The molecule has 0 bridgehead atoms. The van der Waals surface area contributed by atoms with Crippen LogP contribution in [0, 0.1) is 12.8 Å². The van der Waals surface area contributed by atoms with E-state index in [1.165, 1.54) is 16.7 Å². The Balaban J connectivity index is 1.72. The van der Waals surface area contributed by atoms with Gasteiger partial charge in [-0.15, -0.1) is 0 Å². The van der Waals surface area contributed by atoms with Gasteiger partial charge in [-0.2, -0.15) is 0 Å². The zero-order valence-electron chi connectivity index (χ0n) is 17.7. The van der Waals surface area contributed by atoms with E-state index < -0.39 is 0 Å². The predicted molar refractivity (Wildman–Crippen MR) is 119 cm³/mol. The fraction of sp³-hybridized carbons (Fsp3) is 0.520. The lowest BCUT2D eigenvalue weighted by atomic mass is 9.68. The molecular weight excluding hydrogens is 366 g/mol. The fourth-order valence-corrected chi connectivity index (χ4v) is 4.44. The molecule has 2 aromatic carbocycles.